The van der Waals surface area contributed by atoms with Crippen LogP contribution in [-0.2, 0) is 11.3 Å². The van der Waals surface area contributed by atoms with Crippen LogP contribution in [0.2, 0.25) is 0 Å². The zero-order valence-electron chi connectivity index (χ0n) is 10.4. The highest BCUT2D eigenvalue weighted by Gasteiger charge is 2.24. The van der Waals surface area contributed by atoms with Crippen molar-refractivity contribution in [2.75, 3.05) is 10.6 Å². The van der Waals surface area contributed by atoms with Crippen LogP contribution in [0.15, 0.2) is 36.8 Å². The molecule has 0 bridgehead atoms. The number of hydrogen-bond acceptors (Lipinski definition) is 4. The summed E-state index contributed by atoms with van der Waals surface area (Å²) in [6, 6.07) is 5.53. The molecule has 3 heterocycles. The van der Waals surface area contributed by atoms with Crippen LogP contribution in [0.4, 0.5) is 11.6 Å². The first-order chi connectivity index (χ1) is 9.29. The van der Waals surface area contributed by atoms with Gasteiger partial charge in [0.05, 0.1) is 11.8 Å². The fourth-order valence-corrected chi connectivity index (χ4v) is 2.02. The molecule has 2 aromatic heterocycles. The monoisotopic (exact) mass is 255 g/mol. The van der Waals surface area contributed by atoms with Crippen LogP contribution in [0, 0.1) is 0 Å². The van der Waals surface area contributed by atoms with E-state index in [0.29, 0.717) is 11.4 Å². The number of hydrogen-bond donors (Lipinski definition) is 2. The van der Waals surface area contributed by atoms with Crippen molar-refractivity contribution in [3.05, 3.63) is 42.4 Å². The van der Waals surface area contributed by atoms with E-state index in [1.54, 1.807) is 18.6 Å². The summed E-state index contributed by atoms with van der Waals surface area (Å²) in [5.74, 6) is 1.30. The smallest absolute Gasteiger partial charge is 0.259 e. The fraction of sp³-hybridized carbons (Fsp3) is 0.154. The lowest BCUT2D eigenvalue weighted by Gasteiger charge is -2.04. The molecule has 0 aromatic carbocycles. The number of aryl methyl sites for hydroxylation is 1. The van der Waals surface area contributed by atoms with E-state index in [-0.39, 0.29) is 5.91 Å². The lowest BCUT2D eigenvalue weighted by Crippen LogP contribution is -2.07. The van der Waals surface area contributed by atoms with Crippen molar-refractivity contribution in [1.82, 2.24) is 14.8 Å². The van der Waals surface area contributed by atoms with Crippen molar-refractivity contribution in [2.45, 2.75) is 13.5 Å². The number of nitrogens with one attached hydrogen (secondary N) is 2. The molecule has 6 heteroatoms. The van der Waals surface area contributed by atoms with Crippen molar-refractivity contribution >= 4 is 23.1 Å². The molecular weight excluding hydrogens is 242 g/mol. The zero-order valence-corrected chi connectivity index (χ0v) is 10.4. The summed E-state index contributed by atoms with van der Waals surface area (Å²) in [5.41, 5.74) is 1.38. The normalized spacial score (nSPS) is 15.4. The Morgan fingerprint density at radius 3 is 3.16 bits per heavy atom. The SMILES string of the molecule is CCn1nccc1N/C=C1\C(=O)Nc2ncccc21. The van der Waals surface area contributed by atoms with Crippen molar-refractivity contribution in [3.8, 4) is 0 Å². The summed E-state index contributed by atoms with van der Waals surface area (Å²) < 4.78 is 1.81. The van der Waals surface area contributed by atoms with Gasteiger partial charge in [-0.2, -0.15) is 5.10 Å². The molecule has 2 aromatic rings. The molecule has 19 heavy (non-hydrogen) atoms. The molecule has 6 nitrogen and oxygen atoms in total. The van der Waals surface area contributed by atoms with Gasteiger partial charge in [-0.3, -0.25) is 4.79 Å². The van der Waals surface area contributed by atoms with E-state index < -0.39 is 0 Å². The van der Waals surface area contributed by atoms with E-state index in [1.165, 1.54) is 0 Å². The van der Waals surface area contributed by atoms with Gasteiger partial charge >= 0.3 is 0 Å². The first-order valence-corrected chi connectivity index (χ1v) is 6.05. The first kappa shape index (κ1) is 11.5. The lowest BCUT2D eigenvalue weighted by atomic mass is 10.1. The molecule has 1 aliphatic heterocycles. The average molecular weight is 255 g/mol. The second-order valence-corrected chi connectivity index (χ2v) is 4.09. The van der Waals surface area contributed by atoms with Crippen LogP contribution in [0.3, 0.4) is 0 Å². The maximum Gasteiger partial charge on any atom is 0.259 e. The molecule has 1 aliphatic rings. The van der Waals surface area contributed by atoms with Crippen molar-refractivity contribution in [1.29, 1.82) is 0 Å². The highest BCUT2D eigenvalue weighted by atomic mass is 16.2. The molecule has 1 amide bonds. The standard InChI is InChI=1S/C13H13N5O/c1-2-18-11(5-7-16-18)15-8-10-9-4-3-6-14-12(9)17-13(10)19/h3-8,15H,2H2,1H3,(H,14,17,19)/b10-8-. The molecule has 3 rings (SSSR count). The van der Waals surface area contributed by atoms with Gasteiger partial charge in [-0.05, 0) is 19.1 Å². The van der Waals surface area contributed by atoms with E-state index >= 15 is 0 Å². The van der Waals surface area contributed by atoms with Crippen LogP contribution >= 0.6 is 0 Å². The predicted octanol–water partition coefficient (Wildman–Crippen LogP) is 1.70. The van der Waals surface area contributed by atoms with E-state index in [2.05, 4.69) is 20.7 Å². The molecule has 96 valence electrons. The summed E-state index contributed by atoms with van der Waals surface area (Å²) in [4.78, 5) is 16.0. The van der Waals surface area contributed by atoms with Crippen molar-refractivity contribution in [2.24, 2.45) is 0 Å². The molecular formula is C13H13N5O. The van der Waals surface area contributed by atoms with Crippen LogP contribution < -0.4 is 10.6 Å². The Kier molecular flexibility index (Phi) is 2.75. The third-order valence-corrected chi connectivity index (χ3v) is 2.95. The quantitative estimate of drug-likeness (QED) is 0.819. The Morgan fingerprint density at radius 1 is 1.42 bits per heavy atom. The van der Waals surface area contributed by atoms with Gasteiger partial charge in [0, 0.05) is 30.6 Å². The van der Waals surface area contributed by atoms with Crippen LogP contribution in [0.25, 0.3) is 5.57 Å². The predicted molar refractivity (Wildman–Crippen MR) is 72.4 cm³/mol. The third kappa shape index (κ3) is 1.97. The first-order valence-electron chi connectivity index (χ1n) is 6.05. The van der Waals surface area contributed by atoms with Gasteiger partial charge in [-0.25, -0.2) is 9.67 Å². The minimum atomic E-state index is -0.149. The molecule has 0 saturated heterocycles. The number of nitrogens with zero attached hydrogens (tertiary/aromatic N) is 3. The summed E-state index contributed by atoms with van der Waals surface area (Å²) in [6.07, 6.45) is 5.06. The van der Waals surface area contributed by atoms with Gasteiger partial charge in [-0.15, -0.1) is 0 Å². The minimum absolute atomic E-state index is 0.149. The summed E-state index contributed by atoms with van der Waals surface area (Å²) >= 11 is 0. The Hall–Kier alpha value is -2.63. The van der Waals surface area contributed by atoms with Gasteiger partial charge in [0.2, 0.25) is 0 Å². The summed E-state index contributed by atoms with van der Waals surface area (Å²) in [6.45, 7) is 2.77. The second kappa shape index (κ2) is 4.56. The number of rotatable bonds is 3. The Bertz CT molecular complexity index is 659. The van der Waals surface area contributed by atoms with Gasteiger partial charge in [0.25, 0.3) is 5.91 Å². The highest BCUT2D eigenvalue weighted by molar-refractivity contribution is 6.31. The van der Waals surface area contributed by atoms with Crippen LogP contribution in [-0.4, -0.2) is 20.7 Å². The number of pyridine rings is 1. The molecule has 0 radical (unpaired) electrons. The molecule has 0 unspecified atom stereocenters. The lowest BCUT2D eigenvalue weighted by molar-refractivity contribution is -0.110. The Labute approximate surface area is 110 Å². The zero-order chi connectivity index (χ0) is 13.2. The van der Waals surface area contributed by atoms with E-state index in [9.17, 15) is 4.79 Å². The summed E-state index contributed by atoms with van der Waals surface area (Å²) in [7, 11) is 0. The molecule has 0 fully saturated rings. The average Bonchev–Trinajstić information content (AvgIpc) is 2.99. The third-order valence-electron chi connectivity index (χ3n) is 2.95. The van der Waals surface area contributed by atoms with Gasteiger partial charge in [0.1, 0.15) is 11.6 Å². The largest absolute Gasteiger partial charge is 0.346 e. The van der Waals surface area contributed by atoms with E-state index in [1.807, 2.05) is 29.8 Å². The molecule has 0 aliphatic carbocycles. The number of fused-ring (bicyclic) bond motifs is 1. The number of carbonyl (C=O) groups is 1. The Morgan fingerprint density at radius 2 is 2.32 bits per heavy atom. The maximum atomic E-state index is 11.9. The fourth-order valence-electron chi connectivity index (χ4n) is 2.02. The van der Waals surface area contributed by atoms with Crippen LogP contribution in [0.1, 0.15) is 12.5 Å². The van der Waals surface area contributed by atoms with E-state index in [0.717, 1.165) is 17.9 Å². The highest BCUT2D eigenvalue weighted by Crippen LogP contribution is 2.29. The van der Waals surface area contributed by atoms with Crippen molar-refractivity contribution < 1.29 is 4.79 Å². The minimum Gasteiger partial charge on any atom is -0.346 e. The van der Waals surface area contributed by atoms with Gasteiger partial charge in [-0.1, -0.05) is 0 Å². The molecule has 0 atom stereocenters. The second-order valence-electron chi connectivity index (χ2n) is 4.09. The molecule has 0 saturated carbocycles. The number of anilines is 2. The van der Waals surface area contributed by atoms with Gasteiger partial charge < -0.3 is 10.6 Å². The van der Waals surface area contributed by atoms with Crippen molar-refractivity contribution in [3.63, 3.8) is 0 Å². The topological polar surface area (TPSA) is 71.8 Å². The molecule has 2 N–H and O–H groups in total. The Balaban J connectivity index is 1.90. The summed E-state index contributed by atoms with van der Waals surface area (Å²) in [5, 5.41) is 9.99. The number of amides is 1. The van der Waals surface area contributed by atoms with Crippen LogP contribution in [0.5, 0.6) is 0 Å². The van der Waals surface area contributed by atoms with E-state index in [4.69, 9.17) is 0 Å². The number of aromatic nitrogens is 3. The maximum absolute atomic E-state index is 11.9. The van der Waals surface area contributed by atoms with Gasteiger partial charge in [0.15, 0.2) is 0 Å². The molecule has 0 spiro atoms. The number of carbonyl (C=O) groups excluding carboxylic acids is 1.